The molecule has 3 nitrogen and oxygen atoms in total. The third-order valence-corrected chi connectivity index (χ3v) is 3.08. The van der Waals surface area contributed by atoms with Crippen molar-refractivity contribution >= 4 is 5.97 Å². The summed E-state index contributed by atoms with van der Waals surface area (Å²) in [5.41, 5.74) is 2.69. The fourth-order valence-electron chi connectivity index (χ4n) is 1.93. The molecule has 2 rings (SSSR count). The molecular weight excluding hydrogens is 276 g/mol. The maximum Gasteiger partial charge on any atom is 0.333 e. The summed E-state index contributed by atoms with van der Waals surface area (Å²) in [6.45, 7) is 6.01. The average molecular weight is 296 g/mol. The topological polar surface area (TPSA) is 35.5 Å². The van der Waals surface area contributed by atoms with Gasteiger partial charge in [-0.3, -0.25) is 0 Å². The van der Waals surface area contributed by atoms with Gasteiger partial charge in [0.15, 0.2) is 0 Å². The summed E-state index contributed by atoms with van der Waals surface area (Å²) in [4.78, 5) is 11.2. The first-order valence-corrected chi connectivity index (χ1v) is 7.28. The first kappa shape index (κ1) is 15.8. The Bertz CT molecular complexity index is 632. The summed E-state index contributed by atoms with van der Waals surface area (Å²) < 4.78 is 10.7. The van der Waals surface area contributed by atoms with E-state index in [9.17, 15) is 4.79 Å². The number of benzene rings is 2. The highest BCUT2D eigenvalue weighted by molar-refractivity contribution is 5.86. The number of carbonyl (C=O) groups is 1. The van der Waals surface area contributed by atoms with Gasteiger partial charge in [-0.25, -0.2) is 4.79 Å². The van der Waals surface area contributed by atoms with Crippen LogP contribution in [0.1, 0.15) is 13.3 Å². The molecule has 2 aromatic carbocycles. The van der Waals surface area contributed by atoms with Gasteiger partial charge >= 0.3 is 5.97 Å². The first-order valence-electron chi connectivity index (χ1n) is 7.28. The minimum Gasteiger partial charge on any atom is -0.493 e. The zero-order chi connectivity index (χ0) is 15.8. The molecule has 3 heteroatoms. The lowest BCUT2D eigenvalue weighted by Crippen LogP contribution is -2.09. The lowest BCUT2D eigenvalue weighted by Gasteiger charge is -2.09. The maximum absolute atomic E-state index is 11.2. The van der Waals surface area contributed by atoms with E-state index >= 15 is 0 Å². The van der Waals surface area contributed by atoms with Gasteiger partial charge in [-0.2, -0.15) is 0 Å². The molecule has 0 aliphatic carbocycles. The van der Waals surface area contributed by atoms with E-state index in [0.717, 1.165) is 16.9 Å². The van der Waals surface area contributed by atoms with Crippen molar-refractivity contribution in [2.45, 2.75) is 13.3 Å². The van der Waals surface area contributed by atoms with E-state index in [-0.39, 0.29) is 5.97 Å². The molecule has 2 aromatic rings. The van der Waals surface area contributed by atoms with E-state index in [2.05, 4.69) is 24.8 Å². The van der Waals surface area contributed by atoms with Gasteiger partial charge in [0.05, 0.1) is 13.2 Å². The molecule has 22 heavy (non-hydrogen) atoms. The first-order chi connectivity index (χ1) is 10.7. The third-order valence-electron chi connectivity index (χ3n) is 3.08. The van der Waals surface area contributed by atoms with E-state index in [4.69, 9.17) is 9.47 Å². The smallest absolute Gasteiger partial charge is 0.333 e. The Morgan fingerprint density at radius 3 is 2.45 bits per heavy atom. The predicted octanol–water partition coefficient (Wildman–Crippen LogP) is 4.24. The minimum atomic E-state index is -0.355. The summed E-state index contributed by atoms with van der Waals surface area (Å²) in [6.07, 6.45) is 0.647. The van der Waals surface area contributed by atoms with Crippen LogP contribution in [0, 0.1) is 0 Å². The summed E-state index contributed by atoms with van der Waals surface area (Å²) >= 11 is 0. The molecule has 114 valence electrons. The van der Waals surface area contributed by atoms with Crippen molar-refractivity contribution in [3.63, 3.8) is 0 Å². The van der Waals surface area contributed by atoms with Crippen LogP contribution in [0.4, 0.5) is 0 Å². The highest BCUT2D eigenvalue weighted by atomic mass is 16.5. The van der Waals surface area contributed by atoms with Crippen LogP contribution >= 0.6 is 0 Å². The summed E-state index contributed by atoms with van der Waals surface area (Å²) in [5.74, 6) is 0.457. The van der Waals surface area contributed by atoms with Crippen molar-refractivity contribution in [1.82, 2.24) is 0 Å². The van der Waals surface area contributed by atoms with Crippen molar-refractivity contribution in [2.24, 2.45) is 0 Å². The van der Waals surface area contributed by atoms with Gasteiger partial charge in [0.2, 0.25) is 0 Å². The fraction of sp³-hybridized carbons (Fsp3) is 0.211. The van der Waals surface area contributed by atoms with Crippen LogP contribution in [-0.4, -0.2) is 19.2 Å². The highest BCUT2D eigenvalue weighted by Gasteiger charge is 2.03. The standard InChI is InChI=1S/C19H20O3/c1-15(2)19(20)22-13-7-12-21-18-11-6-10-17(14-18)16-8-4-3-5-9-16/h3-6,8-11,14H,1,7,12-13H2,2H3. The molecule has 0 spiro atoms. The van der Waals surface area contributed by atoms with Crippen LogP contribution in [0.25, 0.3) is 11.1 Å². The molecule has 0 saturated carbocycles. The number of esters is 1. The van der Waals surface area contributed by atoms with Crippen LogP contribution in [0.3, 0.4) is 0 Å². The molecule has 0 N–H and O–H groups in total. The second-order valence-corrected chi connectivity index (χ2v) is 5.01. The van der Waals surface area contributed by atoms with E-state index in [1.165, 1.54) is 0 Å². The quantitative estimate of drug-likeness (QED) is 0.435. The van der Waals surface area contributed by atoms with E-state index in [0.29, 0.717) is 25.2 Å². The molecule has 0 aromatic heterocycles. The van der Waals surface area contributed by atoms with Gasteiger partial charge < -0.3 is 9.47 Å². The van der Waals surface area contributed by atoms with Gasteiger partial charge in [0.25, 0.3) is 0 Å². The number of rotatable bonds is 7. The predicted molar refractivity (Wildman–Crippen MR) is 87.8 cm³/mol. The van der Waals surface area contributed by atoms with Crippen molar-refractivity contribution in [3.8, 4) is 16.9 Å². The number of carbonyl (C=O) groups excluding carboxylic acids is 1. The van der Waals surface area contributed by atoms with Gasteiger partial charge in [-0.1, -0.05) is 49.0 Å². The molecule has 0 unspecified atom stereocenters. The molecule has 0 fully saturated rings. The third kappa shape index (κ3) is 4.77. The molecular formula is C19H20O3. The maximum atomic E-state index is 11.2. The molecule has 0 aliphatic rings. The van der Waals surface area contributed by atoms with Crippen molar-refractivity contribution in [2.75, 3.05) is 13.2 Å². The minimum absolute atomic E-state index is 0.337. The second-order valence-electron chi connectivity index (χ2n) is 5.01. The van der Waals surface area contributed by atoms with E-state index in [1.807, 2.05) is 36.4 Å². The van der Waals surface area contributed by atoms with E-state index < -0.39 is 0 Å². The second kappa shape index (κ2) is 8.03. The Kier molecular flexibility index (Phi) is 5.78. The Labute approximate surface area is 131 Å². The highest BCUT2D eigenvalue weighted by Crippen LogP contribution is 2.23. The van der Waals surface area contributed by atoms with Crippen LogP contribution in [0.2, 0.25) is 0 Å². The van der Waals surface area contributed by atoms with E-state index in [1.54, 1.807) is 6.92 Å². The van der Waals surface area contributed by atoms with Crippen molar-refractivity contribution in [1.29, 1.82) is 0 Å². The summed E-state index contributed by atoms with van der Waals surface area (Å²) in [6, 6.07) is 18.1. The largest absolute Gasteiger partial charge is 0.493 e. The Morgan fingerprint density at radius 2 is 1.73 bits per heavy atom. The fourth-order valence-corrected chi connectivity index (χ4v) is 1.93. The molecule has 0 amide bonds. The lowest BCUT2D eigenvalue weighted by molar-refractivity contribution is -0.139. The Morgan fingerprint density at radius 1 is 1.00 bits per heavy atom. The Hall–Kier alpha value is -2.55. The zero-order valence-electron chi connectivity index (χ0n) is 12.7. The number of hydrogen-bond acceptors (Lipinski definition) is 3. The van der Waals surface area contributed by atoms with Gasteiger partial charge in [-0.15, -0.1) is 0 Å². The molecule has 0 bridgehead atoms. The molecule has 0 heterocycles. The van der Waals surface area contributed by atoms with Crippen LogP contribution < -0.4 is 4.74 Å². The number of hydrogen-bond donors (Lipinski definition) is 0. The van der Waals surface area contributed by atoms with Crippen molar-refractivity contribution in [3.05, 3.63) is 66.7 Å². The molecule has 0 radical (unpaired) electrons. The van der Waals surface area contributed by atoms with Gasteiger partial charge in [0, 0.05) is 12.0 Å². The van der Waals surface area contributed by atoms with Crippen LogP contribution in [0.15, 0.2) is 66.7 Å². The van der Waals surface area contributed by atoms with Gasteiger partial charge in [-0.05, 0) is 30.2 Å². The van der Waals surface area contributed by atoms with Gasteiger partial charge in [0.1, 0.15) is 5.75 Å². The van der Waals surface area contributed by atoms with Crippen LogP contribution in [-0.2, 0) is 9.53 Å². The SMILES string of the molecule is C=C(C)C(=O)OCCCOc1cccc(-c2ccccc2)c1. The summed E-state index contributed by atoms with van der Waals surface area (Å²) in [5, 5.41) is 0. The summed E-state index contributed by atoms with van der Waals surface area (Å²) in [7, 11) is 0. The monoisotopic (exact) mass is 296 g/mol. The van der Waals surface area contributed by atoms with Crippen LogP contribution in [0.5, 0.6) is 5.75 Å². The molecule has 0 saturated heterocycles. The molecule has 0 atom stereocenters. The Balaban J connectivity index is 1.82. The van der Waals surface area contributed by atoms with Crippen molar-refractivity contribution < 1.29 is 14.3 Å². The lowest BCUT2D eigenvalue weighted by atomic mass is 10.1. The number of ether oxygens (including phenoxy) is 2. The normalized spacial score (nSPS) is 10.0. The zero-order valence-corrected chi connectivity index (χ0v) is 12.7. The molecule has 0 aliphatic heterocycles. The average Bonchev–Trinajstić information content (AvgIpc) is 2.55.